The molecule has 5 heteroatoms. The van der Waals surface area contributed by atoms with Crippen LogP contribution in [0.15, 0.2) is 18.3 Å². The smallest absolute Gasteiger partial charge is 0.324 e. The zero-order chi connectivity index (χ0) is 13.0. The highest BCUT2D eigenvalue weighted by atomic mass is 16.2. The van der Waals surface area contributed by atoms with Crippen LogP contribution in [0, 0.1) is 11.3 Å². The van der Waals surface area contributed by atoms with E-state index in [1.54, 1.807) is 25.4 Å². The summed E-state index contributed by atoms with van der Waals surface area (Å²) in [4.78, 5) is 19.7. The van der Waals surface area contributed by atoms with Gasteiger partial charge in [0.1, 0.15) is 6.07 Å². The van der Waals surface area contributed by atoms with Crippen molar-refractivity contribution in [1.29, 1.82) is 5.26 Å². The zero-order valence-corrected chi connectivity index (χ0v) is 10.5. The Bertz CT molecular complexity index is 474. The largest absolute Gasteiger partial charge is 0.325 e. The second-order valence-corrected chi connectivity index (χ2v) is 4.38. The van der Waals surface area contributed by atoms with E-state index in [9.17, 15) is 4.79 Å². The van der Waals surface area contributed by atoms with E-state index in [1.165, 1.54) is 11.3 Å². The monoisotopic (exact) mass is 244 g/mol. The average Bonchev–Trinajstić information content (AvgIpc) is 2.46. The van der Waals surface area contributed by atoms with Crippen LogP contribution in [0.25, 0.3) is 0 Å². The first-order valence-corrected chi connectivity index (χ1v) is 6.12. The number of pyridine rings is 1. The molecule has 0 N–H and O–H groups in total. The van der Waals surface area contributed by atoms with Crippen LogP contribution in [0.1, 0.15) is 24.8 Å². The van der Waals surface area contributed by atoms with Crippen molar-refractivity contribution in [2.75, 3.05) is 25.0 Å². The highest BCUT2D eigenvalue weighted by Gasteiger charge is 2.23. The number of nitriles is 1. The molecule has 0 aromatic carbocycles. The number of urea groups is 1. The maximum atomic E-state index is 12.3. The molecule has 1 aromatic rings. The summed E-state index contributed by atoms with van der Waals surface area (Å²) in [5.41, 5.74) is 0.422. The molecule has 5 nitrogen and oxygen atoms in total. The van der Waals surface area contributed by atoms with Crippen LogP contribution < -0.4 is 4.90 Å². The Hall–Kier alpha value is -2.09. The molecule has 0 radical (unpaired) electrons. The lowest BCUT2D eigenvalue weighted by atomic mass is 10.1. The van der Waals surface area contributed by atoms with E-state index in [0.29, 0.717) is 11.4 Å². The predicted octanol–water partition coefficient (Wildman–Crippen LogP) is 2.00. The van der Waals surface area contributed by atoms with Crippen molar-refractivity contribution in [2.24, 2.45) is 0 Å². The van der Waals surface area contributed by atoms with Crippen molar-refractivity contribution < 1.29 is 4.79 Å². The Balaban J connectivity index is 2.17. The van der Waals surface area contributed by atoms with E-state index >= 15 is 0 Å². The van der Waals surface area contributed by atoms with Crippen molar-refractivity contribution in [3.63, 3.8) is 0 Å². The molecule has 0 atom stereocenters. The number of amides is 2. The van der Waals surface area contributed by atoms with Gasteiger partial charge in [-0.1, -0.05) is 0 Å². The predicted molar refractivity (Wildman–Crippen MR) is 68.2 cm³/mol. The number of piperidine rings is 1. The molecule has 0 bridgehead atoms. The lowest BCUT2D eigenvalue weighted by Gasteiger charge is -2.30. The summed E-state index contributed by atoms with van der Waals surface area (Å²) in [5.74, 6) is 0.426. The molecule has 18 heavy (non-hydrogen) atoms. The Kier molecular flexibility index (Phi) is 3.78. The molecule has 1 fully saturated rings. The fourth-order valence-corrected chi connectivity index (χ4v) is 2.14. The third kappa shape index (κ3) is 2.43. The van der Waals surface area contributed by atoms with Gasteiger partial charge in [0.15, 0.2) is 5.82 Å². The number of hydrogen-bond donors (Lipinski definition) is 0. The molecule has 1 aliphatic rings. The standard InChI is InChI=1S/C13H16N4O/c1-16(12-11(10-14)6-5-7-15-12)13(18)17-8-3-2-4-9-17/h5-7H,2-4,8-9H2,1H3. The molecule has 2 amide bonds. The van der Waals surface area contributed by atoms with Gasteiger partial charge in [-0.15, -0.1) is 0 Å². The second-order valence-electron chi connectivity index (χ2n) is 4.38. The van der Waals surface area contributed by atoms with E-state index in [1.807, 2.05) is 4.90 Å². The van der Waals surface area contributed by atoms with Crippen LogP contribution in [-0.2, 0) is 0 Å². The van der Waals surface area contributed by atoms with Crippen LogP contribution >= 0.6 is 0 Å². The third-order valence-electron chi connectivity index (χ3n) is 3.14. The third-order valence-corrected chi connectivity index (χ3v) is 3.14. The minimum atomic E-state index is -0.0788. The highest BCUT2D eigenvalue weighted by molar-refractivity contribution is 5.91. The Labute approximate surface area is 107 Å². The van der Waals surface area contributed by atoms with Crippen molar-refractivity contribution in [1.82, 2.24) is 9.88 Å². The minimum absolute atomic E-state index is 0.0788. The van der Waals surface area contributed by atoms with Gasteiger partial charge in [0.2, 0.25) is 0 Å². The summed E-state index contributed by atoms with van der Waals surface area (Å²) in [6.07, 6.45) is 4.87. The quantitative estimate of drug-likeness (QED) is 0.759. The first-order valence-electron chi connectivity index (χ1n) is 6.12. The number of anilines is 1. The van der Waals surface area contributed by atoms with Gasteiger partial charge < -0.3 is 4.90 Å². The molecular weight excluding hydrogens is 228 g/mol. The van der Waals surface area contributed by atoms with Crippen molar-refractivity contribution in [3.8, 4) is 6.07 Å². The van der Waals surface area contributed by atoms with Crippen LogP contribution in [0.2, 0.25) is 0 Å². The molecular formula is C13H16N4O. The molecule has 2 heterocycles. The number of aromatic nitrogens is 1. The maximum absolute atomic E-state index is 12.3. The summed E-state index contributed by atoms with van der Waals surface area (Å²) in [5, 5.41) is 9.02. The van der Waals surface area contributed by atoms with Gasteiger partial charge in [0.25, 0.3) is 0 Å². The number of carbonyl (C=O) groups excluding carboxylic acids is 1. The lowest BCUT2D eigenvalue weighted by molar-refractivity contribution is 0.194. The fraction of sp³-hybridized carbons (Fsp3) is 0.462. The van der Waals surface area contributed by atoms with Gasteiger partial charge in [-0.2, -0.15) is 5.26 Å². The number of rotatable bonds is 1. The molecule has 0 saturated carbocycles. The minimum Gasteiger partial charge on any atom is -0.324 e. The molecule has 0 spiro atoms. The van der Waals surface area contributed by atoms with Crippen molar-refractivity contribution in [3.05, 3.63) is 23.9 Å². The average molecular weight is 244 g/mol. The summed E-state index contributed by atoms with van der Waals surface area (Å²) >= 11 is 0. The van der Waals surface area contributed by atoms with Crippen LogP contribution in [0.3, 0.4) is 0 Å². The van der Waals surface area contributed by atoms with Crippen LogP contribution in [-0.4, -0.2) is 36.1 Å². The van der Waals surface area contributed by atoms with Crippen molar-refractivity contribution >= 4 is 11.8 Å². The summed E-state index contributed by atoms with van der Waals surface area (Å²) < 4.78 is 0. The maximum Gasteiger partial charge on any atom is 0.325 e. The first kappa shape index (κ1) is 12.4. The fourth-order valence-electron chi connectivity index (χ4n) is 2.14. The number of nitrogens with zero attached hydrogens (tertiary/aromatic N) is 4. The normalized spacial score (nSPS) is 15.0. The van der Waals surface area contributed by atoms with Gasteiger partial charge in [-0.3, -0.25) is 4.90 Å². The lowest BCUT2D eigenvalue weighted by Crippen LogP contribution is -2.44. The number of carbonyl (C=O) groups is 1. The van der Waals surface area contributed by atoms with E-state index in [4.69, 9.17) is 5.26 Å². The molecule has 0 aliphatic carbocycles. The van der Waals surface area contributed by atoms with Gasteiger partial charge in [0.05, 0.1) is 5.56 Å². The molecule has 1 aromatic heterocycles. The molecule has 1 saturated heterocycles. The topological polar surface area (TPSA) is 60.2 Å². The highest BCUT2D eigenvalue weighted by Crippen LogP contribution is 2.18. The first-order chi connectivity index (χ1) is 8.74. The van der Waals surface area contributed by atoms with Gasteiger partial charge in [0, 0.05) is 26.3 Å². The van der Waals surface area contributed by atoms with Crippen LogP contribution in [0.4, 0.5) is 10.6 Å². The molecule has 2 rings (SSSR count). The summed E-state index contributed by atoms with van der Waals surface area (Å²) in [6.45, 7) is 1.58. The van der Waals surface area contributed by atoms with E-state index in [-0.39, 0.29) is 6.03 Å². The Morgan fingerprint density at radius 2 is 2.17 bits per heavy atom. The van der Waals surface area contributed by atoms with Crippen LogP contribution in [0.5, 0.6) is 0 Å². The van der Waals surface area contributed by atoms with Gasteiger partial charge in [-0.05, 0) is 31.4 Å². The zero-order valence-electron chi connectivity index (χ0n) is 10.5. The molecule has 94 valence electrons. The molecule has 1 aliphatic heterocycles. The van der Waals surface area contributed by atoms with Gasteiger partial charge >= 0.3 is 6.03 Å². The van der Waals surface area contributed by atoms with E-state index in [2.05, 4.69) is 11.1 Å². The second kappa shape index (κ2) is 5.50. The summed E-state index contributed by atoms with van der Waals surface area (Å²) in [7, 11) is 1.67. The van der Waals surface area contributed by atoms with E-state index < -0.39 is 0 Å². The van der Waals surface area contributed by atoms with Crippen molar-refractivity contribution in [2.45, 2.75) is 19.3 Å². The molecule has 0 unspecified atom stereocenters. The number of hydrogen-bond acceptors (Lipinski definition) is 3. The Morgan fingerprint density at radius 3 is 2.83 bits per heavy atom. The SMILES string of the molecule is CN(C(=O)N1CCCCC1)c1ncccc1C#N. The number of likely N-dealkylation sites (tertiary alicyclic amines) is 1. The van der Waals surface area contributed by atoms with E-state index in [0.717, 1.165) is 25.9 Å². The Morgan fingerprint density at radius 1 is 1.44 bits per heavy atom. The van der Waals surface area contributed by atoms with Gasteiger partial charge in [-0.25, -0.2) is 9.78 Å². The summed E-state index contributed by atoms with van der Waals surface area (Å²) in [6, 6.07) is 5.35.